The van der Waals surface area contributed by atoms with Crippen molar-refractivity contribution in [2.45, 2.75) is 20.8 Å². The van der Waals surface area contributed by atoms with Gasteiger partial charge in [-0.05, 0) is 45.0 Å². The molecule has 0 radical (unpaired) electrons. The highest BCUT2D eigenvalue weighted by molar-refractivity contribution is 6.15. The van der Waals surface area contributed by atoms with E-state index in [9.17, 15) is 9.59 Å². The summed E-state index contributed by atoms with van der Waals surface area (Å²) >= 11 is 0. The third-order valence-electron chi connectivity index (χ3n) is 4.39. The molecule has 0 aromatic heterocycles. The number of hydrogen-bond acceptors (Lipinski definition) is 4. The zero-order chi connectivity index (χ0) is 20.0. The molecule has 0 bridgehead atoms. The van der Waals surface area contributed by atoms with Crippen LogP contribution in [0, 0.1) is 5.41 Å². The van der Waals surface area contributed by atoms with E-state index in [0.29, 0.717) is 23.7 Å². The lowest BCUT2D eigenvalue weighted by Gasteiger charge is -2.30. The molecule has 0 atom stereocenters. The summed E-state index contributed by atoms with van der Waals surface area (Å²) in [6.07, 6.45) is 0. The summed E-state index contributed by atoms with van der Waals surface area (Å²) in [4.78, 5) is 27.7. The van der Waals surface area contributed by atoms with Gasteiger partial charge in [-0.3, -0.25) is 9.59 Å². The van der Waals surface area contributed by atoms with E-state index in [2.05, 4.69) is 5.32 Å². The second kappa shape index (κ2) is 8.58. The number of nitrogens with one attached hydrogen (secondary N) is 1. The largest absolute Gasteiger partial charge is 0.497 e. The number of ether oxygens (including phenoxy) is 2. The van der Waals surface area contributed by atoms with Gasteiger partial charge >= 0.3 is 0 Å². The maximum Gasteiger partial charge on any atom is 0.242 e. The van der Waals surface area contributed by atoms with Crippen molar-refractivity contribution >= 4 is 23.2 Å². The molecule has 0 spiro atoms. The molecule has 0 fully saturated rings. The summed E-state index contributed by atoms with van der Waals surface area (Å²) in [6.45, 7) is 5.57. The molecule has 2 aromatic rings. The van der Waals surface area contributed by atoms with E-state index in [1.807, 2.05) is 37.3 Å². The molecule has 0 heterocycles. The maximum atomic E-state index is 13.1. The van der Waals surface area contributed by atoms with Crippen LogP contribution in [0.25, 0.3) is 0 Å². The Bertz CT molecular complexity index is 803. The molecule has 6 heteroatoms. The van der Waals surface area contributed by atoms with Gasteiger partial charge in [0.25, 0.3) is 0 Å². The smallest absolute Gasteiger partial charge is 0.242 e. The third kappa shape index (κ3) is 4.39. The van der Waals surface area contributed by atoms with Crippen molar-refractivity contribution in [3.63, 3.8) is 0 Å². The molecule has 0 aliphatic rings. The third-order valence-corrected chi connectivity index (χ3v) is 4.39. The Kier molecular flexibility index (Phi) is 6.45. The van der Waals surface area contributed by atoms with E-state index in [4.69, 9.17) is 9.47 Å². The van der Waals surface area contributed by atoms with Gasteiger partial charge in [-0.15, -0.1) is 0 Å². The first-order chi connectivity index (χ1) is 12.8. The van der Waals surface area contributed by atoms with Crippen LogP contribution in [0.15, 0.2) is 48.5 Å². The number of amides is 2. The topological polar surface area (TPSA) is 67.9 Å². The van der Waals surface area contributed by atoms with Crippen LogP contribution < -0.4 is 19.7 Å². The van der Waals surface area contributed by atoms with Gasteiger partial charge in [0.05, 0.1) is 19.9 Å². The summed E-state index contributed by atoms with van der Waals surface area (Å²) in [7, 11) is 3.06. The fraction of sp³-hybridized carbons (Fsp3) is 0.333. The van der Waals surface area contributed by atoms with Crippen molar-refractivity contribution in [1.82, 2.24) is 0 Å². The first-order valence-electron chi connectivity index (χ1n) is 8.75. The zero-order valence-corrected chi connectivity index (χ0v) is 16.4. The van der Waals surface area contributed by atoms with Crippen LogP contribution in [0.2, 0.25) is 0 Å². The molecule has 0 aliphatic carbocycles. The number of methoxy groups -OCH3 is 2. The number of carbonyl (C=O) groups excluding carboxylic acids is 2. The van der Waals surface area contributed by atoms with Gasteiger partial charge in [-0.2, -0.15) is 0 Å². The fourth-order valence-electron chi connectivity index (χ4n) is 2.68. The van der Waals surface area contributed by atoms with E-state index in [1.165, 1.54) is 7.11 Å². The molecule has 0 aliphatic heterocycles. The molecule has 0 unspecified atom stereocenters. The van der Waals surface area contributed by atoms with Gasteiger partial charge in [-0.25, -0.2) is 0 Å². The quantitative estimate of drug-likeness (QED) is 0.754. The average Bonchev–Trinajstić information content (AvgIpc) is 2.69. The number of hydrogen-bond donors (Lipinski definition) is 1. The molecule has 2 rings (SSSR count). The maximum absolute atomic E-state index is 13.1. The van der Waals surface area contributed by atoms with Gasteiger partial charge < -0.3 is 19.7 Å². The number of anilines is 2. The van der Waals surface area contributed by atoms with Crippen LogP contribution in [0.3, 0.4) is 0 Å². The number of carbonyl (C=O) groups is 2. The van der Waals surface area contributed by atoms with E-state index in [0.717, 1.165) is 5.69 Å². The molecule has 6 nitrogen and oxygen atoms in total. The lowest BCUT2D eigenvalue weighted by molar-refractivity contribution is -0.136. The predicted molar refractivity (Wildman–Crippen MR) is 106 cm³/mol. The summed E-state index contributed by atoms with van der Waals surface area (Å²) in [5, 5.41) is 2.80. The Balaban J connectivity index is 2.27. The van der Waals surface area contributed by atoms with E-state index < -0.39 is 11.3 Å². The monoisotopic (exact) mass is 370 g/mol. The van der Waals surface area contributed by atoms with Gasteiger partial charge in [0.2, 0.25) is 11.8 Å². The van der Waals surface area contributed by atoms with Crippen molar-refractivity contribution in [2.24, 2.45) is 5.41 Å². The number of rotatable bonds is 7. The van der Waals surface area contributed by atoms with E-state index >= 15 is 0 Å². The number of benzene rings is 2. The normalized spacial score (nSPS) is 10.9. The highest BCUT2D eigenvalue weighted by Crippen LogP contribution is 2.31. The van der Waals surface area contributed by atoms with Crippen molar-refractivity contribution in [3.8, 4) is 11.5 Å². The van der Waals surface area contributed by atoms with Crippen molar-refractivity contribution in [2.75, 3.05) is 31.0 Å². The standard InChI is InChI=1S/C21H26N2O4/c1-6-23(15-10-8-7-9-11-15)20(25)21(2,3)19(24)22-17-14-16(26-4)12-13-18(17)27-5/h7-14H,6H2,1-5H3,(H,22,24). The number of para-hydroxylation sites is 1. The Labute approximate surface area is 160 Å². The zero-order valence-electron chi connectivity index (χ0n) is 16.4. The molecular weight excluding hydrogens is 344 g/mol. The van der Waals surface area contributed by atoms with Crippen molar-refractivity contribution in [3.05, 3.63) is 48.5 Å². The van der Waals surface area contributed by atoms with E-state index in [1.54, 1.807) is 44.1 Å². The molecule has 1 N–H and O–H groups in total. The molecule has 2 aromatic carbocycles. The molecule has 144 valence electrons. The Morgan fingerprint density at radius 2 is 1.70 bits per heavy atom. The molecule has 0 saturated carbocycles. The summed E-state index contributed by atoms with van der Waals surface area (Å²) in [5.41, 5.74) is -0.0738. The van der Waals surface area contributed by atoms with Crippen LogP contribution in [-0.2, 0) is 9.59 Å². The molecular formula is C21H26N2O4. The summed E-state index contributed by atoms with van der Waals surface area (Å²) in [5.74, 6) is 0.363. The molecule has 0 saturated heterocycles. The second-order valence-corrected chi connectivity index (χ2v) is 6.53. The molecule has 2 amide bonds. The van der Waals surface area contributed by atoms with Gasteiger partial charge in [0.15, 0.2) is 0 Å². The minimum atomic E-state index is -1.28. The number of nitrogens with zero attached hydrogens (tertiary/aromatic N) is 1. The molecule has 27 heavy (non-hydrogen) atoms. The Hall–Kier alpha value is -3.02. The van der Waals surface area contributed by atoms with Crippen LogP contribution in [-0.4, -0.2) is 32.6 Å². The first-order valence-corrected chi connectivity index (χ1v) is 8.75. The lowest BCUT2D eigenvalue weighted by Crippen LogP contribution is -2.47. The van der Waals surface area contributed by atoms with Gasteiger partial charge in [0.1, 0.15) is 16.9 Å². The van der Waals surface area contributed by atoms with Crippen LogP contribution in [0.4, 0.5) is 11.4 Å². The van der Waals surface area contributed by atoms with Crippen LogP contribution >= 0.6 is 0 Å². The van der Waals surface area contributed by atoms with Crippen molar-refractivity contribution < 1.29 is 19.1 Å². The Morgan fingerprint density at radius 1 is 1.04 bits per heavy atom. The van der Waals surface area contributed by atoms with Crippen LogP contribution in [0.1, 0.15) is 20.8 Å². The minimum Gasteiger partial charge on any atom is -0.497 e. The highest BCUT2D eigenvalue weighted by Gasteiger charge is 2.39. The highest BCUT2D eigenvalue weighted by atomic mass is 16.5. The van der Waals surface area contributed by atoms with E-state index in [-0.39, 0.29) is 5.91 Å². The van der Waals surface area contributed by atoms with Gasteiger partial charge in [0, 0.05) is 18.3 Å². The second-order valence-electron chi connectivity index (χ2n) is 6.53. The minimum absolute atomic E-state index is 0.282. The summed E-state index contributed by atoms with van der Waals surface area (Å²) in [6, 6.07) is 14.4. The predicted octanol–water partition coefficient (Wildman–Crippen LogP) is 3.72. The van der Waals surface area contributed by atoms with Crippen molar-refractivity contribution in [1.29, 1.82) is 0 Å². The fourth-order valence-corrected chi connectivity index (χ4v) is 2.68. The summed E-state index contributed by atoms with van der Waals surface area (Å²) < 4.78 is 10.5. The van der Waals surface area contributed by atoms with Crippen LogP contribution in [0.5, 0.6) is 11.5 Å². The lowest BCUT2D eigenvalue weighted by atomic mass is 9.89. The Morgan fingerprint density at radius 3 is 2.26 bits per heavy atom. The SMILES string of the molecule is CCN(C(=O)C(C)(C)C(=O)Nc1cc(OC)ccc1OC)c1ccccc1. The van der Waals surface area contributed by atoms with Gasteiger partial charge in [-0.1, -0.05) is 18.2 Å². The average molecular weight is 370 g/mol. The first kappa shape index (κ1) is 20.3.